The van der Waals surface area contributed by atoms with E-state index in [-0.39, 0.29) is 18.5 Å². The Bertz CT molecular complexity index is 576. The molecule has 0 aromatic heterocycles. The van der Waals surface area contributed by atoms with Crippen molar-refractivity contribution in [3.05, 3.63) is 11.6 Å². The first-order valence-electron chi connectivity index (χ1n) is 10.2. The van der Waals surface area contributed by atoms with Crippen molar-refractivity contribution in [3.63, 3.8) is 0 Å². The van der Waals surface area contributed by atoms with E-state index in [9.17, 15) is 4.57 Å². The summed E-state index contributed by atoms with van der Waals surface area (Å²) < 4.78 is 30.2. The van der Waals surface area contributed by atoms with Crippen LogP contribution in [0.25, 0.3) is 0 Å². The highest BCUT2D eigenvalue weighted by Gasteiger charge is 2.37. The number of ether oxygens (including phenoxy) is 2. The standard InChI is InChI=1S/C19H39BN4O3P/c1-17(2)7-8-22-9-11-23(12-10-22)28(25,21(3)4)16-26-15-18-13-24(5,6)14-19(20)27-18/h7,18-19H,8-16H2,1-6H3/q+1. The fourth-order valence-corrected chi connectivity index (χ4v) is 5.88. The van der Waals surface area contributed by atoms with Crippen molar-refractivity contribution < 1.29 is 18.5 Å². The fourth-order valence-electron chi connectivity index (χ4n) is 3.84. The molecule has 3 unspecified atom stereocenters. The van der Waals surface area contributed by atoms with Gasteiger partial charge in [-0.3, -0.25) is 9.46 Å². The maximum absolute atomic E-state index is 13.7. The van der Waals surface area contributed by atoms with Crippen LogP contribution in [0.15, 0.2) is 11.6 Å². The van der Waals surface area contributed by atoms with Crippen molar-refractivity contribution in [2.45, 2.75) is 26.0 Å². The summed E-state index contributed by atoms with van der Waals surface area (Å²) in [6, 6.07) is -0.271. The van der Waals surface area contributed by atoms with Crippen molar-refractivity contribution in [2.24, 2.45) is 0 Å². The first kappa shape index (κ1) is 24.1. The van der Waals surface area contributed by atoms with Gasteiger partial charge in [0.15, 0.2) is 0 Å². The summed E-state index contributed by atoms with van der Waals surface area (Å²) in [5, 5.41) is 0. The number of piperazine rings is 1. The summed E-state index contributed by atoms with van der Waals surface area (Å²) in [4.78, 5) is 2.40. The Labute approximate surface area is 173 Å². The van der Waals surface area contributed by atoms with Gasteiger partial charge in [-0.25, -0.2) is 9.34 Å². The van der Waals surface area contributed by atoms with Gasteiger partial charge in [0.05, 0.1) is 33.3 Å². The minimum atomic E-state index is -2.74. The van der Waals surface area contributed by atoms with Crippen LogP contribution in [0.2, 0.25) is 0 Å². The number of morpholine rings is 1. The van der Waals surface area contributed by atoms with E-state index in [4.69, 9.17) is 17.3 Å². The molecule has 7 nitrogen and oxygen atoms in total. The van der Waals surface area contributed by atoms with E-state index in [1.165, 1.54) is 5.57 Å². The Kier molecular flexibility index (Phi) is 8.77. The van der Waals surface area contributed by atoms with Crippen LogP contribution in [0.3, 0.4) is 0 Å². The molecule has 2 aliphatic heterocycles. The third-order valence-electron chi connectivity index (χ3n) is 5.48. The van der Waals surface area contributed by atoms with E-state index < -0.39 is 7.44 Å². The number of hydrogen-bond acceptors (Lipinski definition) is 4. The molecular weight excluding hydrogens is 374 g/mol. The maximum Gasteiger partial charge on any atom is 0.241 e. The molecule has 2 saturated heterocycles. The molecule has 2 heterocycles. The molecule has 0 aromatic rings. The molecule has 0 spiro atoms. The first-order chi connectivity index (χ1) is 13.0. The van der Waals surface area contributed by atoms with Crippen LogP contribution in [0.1, 0.15) is 13.8 Å². The summed E-state index contributed by atoms with van der Waals surface area (Å²) in [6.07, 6.45) is 2.41. The van der Waals surface area contributed by atoms with Gasteiger partial charge >= 0.3 is 0 Å². The average molecular weight is 413 g/mol. The zero-order chi connectivity index (χ0) is 20.9. The zero-order valence-electron chi connectivity index (χ0n) is 18.6. The van der Waals surface area contributed by atoms with Crippen LogP contribution < -0.4 is 0 Å². The number of nitrogens with zero attached hydrogens (tertiary/aromatic N) is 4. The van der Waals surface area contributed by atoms with Crippen molar-refractivity contribution in [1.82, 2.24) is 14.2 Å². The minimum Gasteiger partial charge on any atom is -0.371 e. The molecule has 3 atom stereocenters. The van der Waals surface area contributed by atoms with Crippen LogP contribution in [-0.2, 0) is 14.0 Å². The quantitative estimate of drug-likeness (QED) is 0.259. The molecule has 0 aromatic carbocycles. The predicted octanol–water partition coefficient (Wildman–Crippen LogP) is 1.27. The average Bonchev–Trinajstić information content (AvgIpc) is 2.58. The van der Waals surface area contributed by atoms with Crippen LogP contribution >= 0.6 is 7.44 Å². The second-order valence-electron chi connectivity index (χ2n) is 9.14. The molecule has 2 aliphatic rings. The molecule has 160 valence electrons. The van der Waals surface area contributed by atoms with Crippen molar-refractivity contribution in [1.29, 1.82) is 0 Å². The van der Waals surface area contributed by atoms with Crippen LogP contribution in [-0.4, -0.2) is 126 Å². The van der Waals surface area contributed by atoms with Crippen molar-refractivity contribution in [2.75, 3.05) is 87.0 Å². The molecule has 0 bridgehead atoms. The number of quaternary nitrogens is 1. The highest BCUT2D eigenvalue weighted by atomic mass is 31.2. The topological polar surface area (TPSA) is 45.2 Å². The predicted molar refractivity (Wildman–Crippen MR) is 116 cm³/mol. The third kappa shape index (κ3) is 6.94. The van der Waals surface area contributed by atoms with Gasteiger partial charge < -0.3 is 14.0 Å². The molecule has 0 amide bonds. The summed E-state index contributed by atoms with van der Waals surface area (Å²) >= 11 is 0. The van der Waals surface area contributed by atoms with Gasteiger partial charge in [0.1, 0.15) is 26.8 Å². The van der Waals surface area contributed by atoms with Gasteiger partial charge in [-0.2, -0.15) is 0 Å². The molecule has 0 saturated carbocycles. The summed E-state index contributed by atoms with van der Waals surface area (Å²) in [6.45, 7) is 10.7. The lowest BCUT2D eigenvalue weighted by molar-refractivity contribution is -0.903. The van der Waals surface area contributed by atoms with Crippen LogP contribution in [0.4, 0.5) is 0 Å². The van der Waals surface area contributed by atoms with Gasteiger partial charge in [0.25, 0.3) is 0 Å². The normalized spacial score (nSPS) is 28.8. The Hall–Kier alpha value is -0.205. The number of rotatable bonds is 8. The SMILES string of the molecule is [B]C1C[N+](C)(C)CC(COCP(=O)(N(C)C)N2CCN(CC=C(C)C)CC2)O1. The van der Waals surface area contributed by atoms with Gasteiger partial charge in [0, 0.05) is 32.7 Å². The third-order valence-corrected chi connectivity index (χ3v) is 8.53. The molecule has 2 radical (unpaired) electrons. The van der Waals surface area contributed by atoms with Gasteiger partial charge in [-0.05, 0) is 27.9 Å². The maximum atomic E-state index is 13.7. The highest BCUT2D eigenvalue weighted by Crippen LogP contribution is 2.51. The fraction of sp³-hybridized carbons (Fsp3) is 0.895. The molecule has 2 rings (SSSR count). The van der Waals surface area contributed by atoms with E-state index in [1.807, 2.05) is 18.8 Å². The highest BCUT2D eigenvalue weighted by molar-refractivity contribution is 7.58. The Morgan fingerprint density at radius 3 is 2.43 bits per heavy atom. The smallest absolute Gasteiger partial charge is 0.241 e. The van der Waals surface area contributed by atoms with E-state index in [2.05, 4.69) is 43.6 Å². The molecule has 0 aliphatic carbocycles. The molecule has 28 heavy (non-hydrogen) atoms. The first-order valence-corrected chi connectivity index (χ1v) is 12.0. The van der Waals surface area contributed by atoms with E-state index in [0.717, 1.165) is 50.3 Å². The van der Waals surface area contributed by atoms with E-state index in [1.54, 1.807) is 0 Å². The number of hydrogen-bond donors (Lipinski definition) is 0. The van der Waals surface area contributed by atoms with Crippen molar-refractivity contribution >= 4 is 15.3 Å². The van der Waals surface area contributed by atoms with Crippen LogP contribution in [0.5, 0.6) is 0 Å². The second-order valence-corrected chi connectivity index (χ2v) is 12.1. The largest absolute Gasteiger partial charge is 0.371 e. The van der Waals surface area contributed by atoms with Crippen LogP contribution in [0, 0.1) is 0 Å². The summed E-state index contributed by atoms with van der Waals surface area (Å²) in [5.74, 6) is 0. The second kappa shape index (κ2) is 10.2. The number of allylic oxidation sites excluding steroid dienone is 1. The Morgan fingerprint density at radius 2 is 1.89 bits per heavy atom. The van der Waals surface area contributed by atoms with E-state index in [0.29, 0.717) is 6.61 Å². The summed E-state index contributed by atoms with van der Waals surface area (Å²) in [5.41, 5.74) is 1.33. The monoisotopic (exact) mass is 413 g/mol. The van der Waals surface area contributed by atoms with E-state index >= 15 is 0 Å². The lowest BCUT2D eigenvalue weighted by atomic mass is 9.96. The lowest BCUT2D eigenvalue weighted by Gasteiger charge is -2.42. The molecular formula is C19H39BN4O3P+. The van der Waals surface area contributed by atoms with Crippen molar-refractivity contribution in [3.8, 4) is 0 Å². The Balaban J connectivity index is 1.86. The Morgan fingerprint density at radius 1 is 1.25 bits per heavy atom. The lowest BCUT2D eigenvalue weighted by Crippen LogP contribution is -2.57. The minimum absolute atomic E-state index is 0.0599. The van der Waals surface area contributed by atoms with Gasteiger partial charge in [-0.1, -0.05) is 11.6 Å². The molecule has 2 fully saturated rings. The van der Waals surface area contributed by atoms with Gasteiger partial charge in [0.2, 0.25) is 7.44 Å². The summed E-state index contributed by atoms with van der Waals surface area (Å²) in [7, 11) is 11.3. The zero-order valence-corrected chi connectivity index (χ0v) is 19.5. The molecule has 0 N–H and O–H groups in total. The molecule has 9 heteroatoms. The number of likely N-dealkylation sites (N-methyl/N-ethyl adjacent to an activating group) is 1. The van der Waals surface area contributed by atoms with Gasteiger partial charge in [-0.15, -0.1) is 0 Å².